The third-order valence-electron chi connectivity index (χ3n) is 4.07. The van der Waals surface area contributed by atoms with Gasteiger partial charge in [-0.2, -0.15) is 0 Å². The molecule has 27 heavy (non-hydrogen) atoms. The van der Waals surface area contributed by atoms with Crippen LogP contribution >= 0.6 is 24.0 Å². The minimum absolute atomic E-state index is 0. The number of aryl methyl sites for hydroxylation is 1. The molecular weight excluding hydrogens is 451 g/mol. The number of halogens is 1. The van der Waals surface area contributed by atoms with E-state index in [4.69, 9.17) is 0 Å². The Morgan fingerprint density at radius 2 is 1.70 bits per heavy atom. The van der Waals surface area contributed by atoms with Crippen LogP contribution in [0.2, 0.25) is 0 Å². The van der Waals surface area contributed by atoms with Crippen LogP contribution < -0.4 is 10.6 Å². The summed E-state index contributed by atoms with van der Waals surface area (Å²) in [5, 5.41) is 14.9. The monoisotopic (exact) mass is 476 g/mol. The average molecular weight is 476 g/mol. The Bertz CT molecular complexity index is 817. The summed E-state index contributed by atoms with van der Waals surface area (Å²) in [5.74, 6) is 1.60. The first kappa shape index (κ1) is 20.9. The summed E-state index contributed by atoms with van der Waals surface area (Å²) in [5.41, 5.74) is 2.40. The van der Waals surface area contributed by atoms with Gasteiger partial charge in [0.2, 0.25) is 0 Å². The summed E-state index contributed by atoms with van der Waals surface area (Å²) in [6, 6.07) is 20.6. The number of nitrogens with one attached hydrogen (secondary N) is 2. The molecular formula is C20H25IN6. The lowest BCUT2D eigenvalue weighted by atomic mass is 10.1. The van der Waals surface area contributed by atoms with Crippen LogP contribution in [0.3, 0.4) is 0 Å². The molecule has 0 unspecified atom stereocenters. The molecule has 6 nitrogen and oxygen atoms in total. The van der Waals surface area contributed by atoms with E-state index in [1.165, 1.54) is 5.56 Å². The molecule has 0 saturated carbocycles. The average Bonchev–Trinajstić information content (AvgIpc) is 3.17. The Hall–Kier alpha value is -2.42. The van der Waals surface area contributed by atoms with E-state index in [0.29, 0.717) is 6.54 Å². The predicted molar refractivity (Wildman–Crippen MR) is 120 cm³/mol. The number of guanidine groups is 1. The van der Waals surface area contributed by atoms with Crippen LogP contribution in [0.15, 0.2) is 72.0 Å². The maximum absolute atomic E-state index is 4.27. The third-order valence-corrected chi connectivity index (χ3v) is 4.07. The van der Waals surface area contributed by atoms with E-state index in [1.54, 1.807) is 13.4 Å². The minimum atomic E-state index is 0. The first-order valence-electron chi connectivity index (χ1n) is 8.79. The second-order valence-corrected chi connectivity index (χ2v) is 5.89. The summed E-state index contributed by atoms with van der Waals surface area (Å²) in [6.07, 6.45) is 3.82. The summed E-state index contributed by atoms with van der Waals surface area (Å²) in [6.45, 7) is 1.41. The van der Waals surface area contributed by atoms with Crippen LogP contribution in [0.1, 0.15) is 17.8 Å². The van der Waals surface area contributed by atoms with Gasteiger partial charge < -0.3 is 10.6 Å². The van der Waals surface area contributed by atoms with Gasteiger partial charge in [0.1, 0.15) is 6.33 Å². The van der Waals surface area contributed by atoms with Crippen molar-refractivity contribution in [3.8, 4) is 5.69 Å². The maximum atomic E-state index is 4.27. The number of hydrogen-bond acceptors (Lipinski definition) is 3. The van der Waals surface area contributed by atoms with Gasteiger partial charge in [-0.15, -0.1) is 34.2 Å². The Morgan fingerprint density at radius 1 is 1.00 bits per heavy atom. The highest BCUT2D eigenvalue weighted by Crippen LogP contribution is 2.08. The smallest absolute Gasteiger partial charge is 0.191 e. The molecule has 1 aromatic heterocycles. The molecule has 2 aromatic carbocycles. The normalized spacial score (nSPS) is 10.9. The summed E-state index contributed by atoms with van der Waals surface area (Å²) < 4.78 is 1.97. The SMILES string of the molecule is CN=C(NCCCc1ccccc1)NCc1nncn1-c1ccccc1.I. The highest BCUT2D eigenvalue weighted by atomic mass is 127. The predicted octanol–water partition coefficient (Wildman–Crippen LogP) is 3.18. The molecule has 2 N–H and O–H groups in total. The fourth-order valence-corrected chi connectivity index (χ4v) is 2.71. The van der Waals surface area contributed by atoms with Crippen molar-refractivity contribution in [2.24, 2.45) is 4.99 Å². The molecule has 0 aliphatic heterocycles. The van der Waals surface area contributed by atoms with Gasteiger partial charge >= 0.3 is 0 Å². The molecule has 0 saturated heterocycles. The van der Waals surface area contributed by atoms with E-state index >= 15 is 0 Å². The van der Waals surface area contributed by atoms with Gasteiger partial charge in [-0.1, -0.05) is 48.5 Å². The van der Waals surface area contributed by atoms with E-state index in [9.17, 15) is 0 Å². The van der Waals surface area contributed by atoms with Crippen LogP contribution in [-0.2, 0) is 13.0 Å². The number of hydrogen-bond donors (Lipinski definition) is 2. The molecule has 1 heterocycles. The zero-order valence-electron chi connectivity index (χ0n) is 15.4. The molecule has 3 rings (SSSR count). The lowest BCUT2D eigenvalue weighted by Gasteiger charge is -2.12. The van der Waals surface area contributed by atoms with E-state index in [1.807, 2.05) is 41.0 Å². The molecule has 0 aliphatic rings. The van der Waals surface area contributed by atoms with Crippen molar-refractivity contribution in [1.82, 2.24) is 25.4 Å². The molecule has 0 radical (unpaired) electrons. The molecule has 7 heteroatoms. The lowest BCUT2D eigenvalue weighted by Crippen LogP contribution is -2.38. The summed E-state index contributed by atoms with van der Waals surface area (Å²) in [7, 11) is 1.77. The van der Waals surface area contributed by atoms with Crippen molar-refractivity contribution in [3.05, 3.63) is 78.4 Å². The Balaban J connectivity index is 0.00000261. The number of aliphatic imine (C=N–C) groups is 1. The molecule has 0 aliphatic carbocycles. The summed E-state index contributed by atoms with van der Waals surface area (Å²) in [4.78, 5) is 4.27. The van der Waals surface area contributed by atoms with Crippen molar-refractivity contribution in [1.29, 1.82) is 0 Å². The van der Waals surface area contributed by atoms with Gasteiger partial charge in [0.15, 0.2) is 11.8 Å². The van der Waals surface area contributed by atoms with Gasteiger partial charge in [-0.05, 0) is 30.5 Å². The van der Waals surface area contributed by atoms with Crippen molar-refractivity contribution < 1.29 is 0 Å². The van der Waals surface area contributed by atoms with E-state index in [0.717, 1.165) is 36.9 Å². The maximum Gasteiger partial charge on any atom is 0.191 e. The fraction of sp³-hybridized carbons (Fsp3) is 0.250. The van der Waals surface area contributed by atoms with Gasteiger partial charge in [0, 0.05) is 19.3 Å². The quantitative estimate of drug-likeness (QED) is 0.238. The zero-order valence-corrected chi connectivity index (χ0v) is 17.7. The highest BCUT2D eigenvalue weighted by Gasteiger charge is 2.07. The molecule has 0 atom stereocenters. The van der Waals surface area contributed by atoms with Gasteiger partial charge in [0.05, 0.1) is 6.54 Å². The van der Waals surface area contributed by atoms with Crippen molar-refractivity contribution >= 4 is 29.9 Å². The lowest BCUT2D eigenvalue weighted by molar-refractivity contribution is 0.723. The fourth-order valence-electron chi connectivity index (χ4n) is 2.71. The van der Waals surface area contributed by atoms with Crippen molar-refractivity contribution in [2.75, 3.05) is 13.6 Å². The first-order valence-corrected chi connectivity index (χ1v) is 8.79. The molecule has 3 aromatic rings. The second kappa shape index (κ2) is 11.3. The van der Waals surface area contributed by atoms with E-state index in [-0.39, 0.29) is 24.0 Å². The topological polar surface area (TPSA) is 67.1 Å². The Morgan fingerprint density at radius 3 is 2.41 bits per heavy atom. The Kier molecular flexibility index (Phi) is 8.76. The molecule has 142 valence electrons. The van der Waals surface area contributed by atoms with E-state index < -0.39 is 0 Å². The molecule has 0 bridgehead atoms. The van der Waals surface area contributed by atoms with Gasteiger partial charge in [0.25, 0.3) is 0 Å². The van der Waals surface area contributed by atoms with Gasteiger partial charge in [-0.3, -0.25) is 9.56 Å². The van der Waals surface area contributed by atoms with Crippen LogP contribution in [0.5, 0.6) is 0 Å². The first-order chi connectivity index (χ1) is 12.9. The van der Waals surface area contributed by atoms with Gasteiger partial charge in [-0.25, -0.2) is 0 Å². The third kappa shape index (κ3) is 6.35. The standard InChI is InChI=1S/C20H24N6.HI/c1-21-20(22-14-8-11-17-9-4-2-5-10-17)23-15-19-25-24-16-26(19)18-12-6-3-7-13-18;/h2-7,9-10,12-13,16H,8,11,14-15H2,1H3,(H2,21,22,23);1H. The number of aromatic nitrogens is 3. The zero-order chi connectivity index (χ0) is 18.0. The minimum Gasteiger partial charge on any atom is -0.356 e. The van der Waals surface area contributed by atoms with Crippen LogP contribution in [0, 0.1) is 0 Å². The summed E-state index contributed by atoms with van der Waals surface area (Å²) >= 11 is 0. The largest absolute Gasteiger partial charge is 0.356 e. The second-order valence-electron chi connectivity index (χ2n) is 5.89. The van der Waals surface area contributed by atoms with Crippen molar-refractivity contribution in [3.63, 3.8) is 0 Å². The number of rotatable bonds is 7. The number of benzene rings is 2. The highest BCUT2D eigenvalue weighted by molar-refractivity contribution is 14.0. The van der Waals surface area contributed by atoms with Crippen LogP contribution in [-0.4, -0.2) is 34.3 Å². The molecule has 0 fully saturated rings. The van der Waals surface area contributed by atoms with Crippen LogP contribution in [0.25, 0.3) is 5.69 Å². The molecule has 0 amide bonds. The van der Waals surface area contributed by atoms with E-state index in [2.05, 4.69) is 50.1 Å². The van der Waals surface area contributed by atoms with Crippen molar-refractivity contribution in [2.45, 2.75) is 19.4 Å². The number of nitrogens with zero attached hydrogens (tertiary/aromatic N) is 4. The van der Waals surface area contributed by atoms with Crippen LogP contribution in [0.4, 0.5) is 0 Å². The molecule has 0 spiro atoms. The number of para-hydroxylation sites is 1. The Labute approximate surface area is 177 Å².